The van der Waals surface area contributed by atoms with Crippen molar-refractivity contribution in [2.45, 2.75) is 19.5 Å². The maximum atomic E-state index is 13.2. The van der Waals surface area contributed by atoms with Crippen molar-refractivity contribution < 1.29 is 4.39 Å². The molecule has 0 amide bonds. The van der Waals surface area contributed by atoms with Gasteiger partial charge < -0.3 is 15.1 Å². The van der Waals surface area contributed by atoms with E-state index in [-0.39, 0.29) is 5.82 Å². The van der Waals surface area contributed by atoms with Gasteiger partial charge in [-0.05, 0) is 38.2 Å². The Morgan fingerprint density at radius 1 is 1.47 bits per heavy atom. The fraction of sp³-hybridized carbons (Fsp3) is 0.600. The molecule has 1 aromatic carbocycles. The third-order valence-electron chi connectivity index (χ3n) is 3.67. The Bertz CT molecular complexity index is 422. The van der Waals surface area contributed by atoms with E-state index in [1.54, 1.807) is 6.07 Å². The number of aryl methyl sites for hydroxylation is 1. The maximum absolute atomic E-state index is 13.2. The standard InChI is InChI=1S/C15H24FN3/c1-12-8-13(4-5-15(12)16)9-19(3)11-14-10-18(2)7-6-17-14/h4-5,8,14,17H,6-7,9-11H2,1-3H3. The summed E-state index contributed by atoms with van der Waals surface area (Å²) in [7, 11) is 4.28. The van der Waals surface area contributed by atoms with Crippen LogP contribution in [0.15, 0.2) is 18.2 Å². The number of rotatable bonds is 4. The average molecular weight is 265 g/mol. The SMILES string of the molecule is Cc1cc(CN(C)CC2CN(C)CCN2)ccc1F. The fourth-order valence-electron chi connectivity index (χ4n) is 2.67. The summed E-state index contributed by atoms with van der Waals surface area (Å²) in [6.07, 6.45) is 0. The smallest absolute Gasteiger partial charge is 0.126 e. The number of nitrogens with one attached hydrogen (secondary N) is 1. The molecule has 1 N–H and O–H groups in total. The molecule has 1 saturated heterocycles. The predicted octanol–water partition coefficient (Wildman–Crippen LogP) is 1.47. The van der Waals surface area contributed by atoms with Crippen molar-refractivity contribution >= 4 is 0 Å². The van der Waals surface area contributed by atoms with Gasteiger partial charge in [-0.15, -0.1) is 0 Å². The molecular weight excluding hydrogens is 241 g/mol. The van der Waals surface area contributed by atoms with Crippen LogP contribution in [0.5, 0.6) is 0 Å². The Kier molecular flexibility index (Phi) is 4.91. The zero-order valence-electron chi connectivity index (χ0n) is 12.1. The number of hydrogen-bond donors (Lipinski definition) is 1. The lowest BCUT2D eigenvalue weighted by atomic mass is 10.1. The monoisotopic (exact) mass is 265 g/mol. The van der Waals surface area contributed by atoms with E-state index >= 15 is 0 Å². The number of benzene rings is 1. The molecule has 1 unspecified atom stereocenters. The molecular formula is C15H24FN3. The van der Waals surface area contributed by atoms with E-state index in [2.05, 4.69) is 29.2 Å². The van der Waals surface area contributed by atoms with Gasteiger partial charge in [0.1, 0.15) is 5.82 Å². The summed E-state index contributed by atoms with van der Waals surface area (Å²) in [5, 5.41) is 3.54. The Labute approximate surface area is 115 Å². The summed E-state index contributed by atoms with van der Waals surface area (Å²) in [5.74, 6) is -0.123. The second-order valence-corrected chi connectivity index (χ2v) is 5.69. The lowest BCUT2D eigenvalue weighted by molar-refractivity contribution is 0.192. The van der Waals surface area contributed by atoms with Gasteiger partial charge in [0.15, 0.2) is 0 Å². The Morgan fingerprint density at radius 2 is 2.26 bits per heavy atom. The molecule has 0 bridgehead atoms. The van der Waals surface area contributed by atoms with E-state index in [9.17, 15) is 4.39 Å². The predicted molar refractivity (Wildman–Crippen MR) is 76.8 cm³/mol. The molecule has 1 aliphatic heterocycles. The van der Waals surface area contributed by atoms with Gasteiger partial charge in [-0.3, -0.25) is 0 Å². The molecule has 4 heteroatoms. The van der Waals surface area contributed by atoms with Gasteiger partial charge in [-0.1, -0.05) is 12.1 Å². The fourth-order valence-corrected chi connectivity index (χ4v) is 2.67. The third-order valence-corrected chi connectivity index (χ3v) is 3.67. The van der Waals surface area contributed by atoms with E-state index in [0.717, 1.165) is 38.3 Å². The highest BCUT2D eigenvalue weighted by Crippen LogP contribution is 2.11. The number of likely N-dealkylation sites (N-methyl/N-ethyl adjacent to an activating group) is 2. The van der Waals surface area contributed by atoms with Crippen LogP contribution in [-0.4, -0.2) is 56.1 Å². The quantitative estimate of drug-likeness (QED) is 0.889. The second kappa shape index (κ2) is 6.46. The van der Waals surface area contributed by atoms with Crippen molar-refractivity contribution in [3.8, 4) is 0 Å². The lowest BCUT2D eigenvalue weighted by Crippen LogP contribution is -2.53. The Morgan fingerprint density at radius 3 is 2.95 bits per heavy atom. The number of hydrogen-bond acceptors (Lipinski definition) is 3. The van der Waals surface area contributed by atoms with Crippen molar-refractivity contribution in [1.29, 1.82) is 0 Å². The van der Waals surface area contributed by atoms with Crippen molar-refractivity contribution in [2.24, 2.45) is 0 Å². The van der Waals surface area contributed by atoms with Crippen molar-refractivity contribution in [3.05, 3.63) is 35.1 Å². The molecule has 0 aromatic heterocycles. The highest BCUT2D eigenvalue weighted by Gasteiger charge is 2.17. The van der Waals surface area contributed by atoms with Gasteiger partial charge >= 0.3 is 0 Å². The van der Waals surface area contributed by atoms with E-state index < -0.39 is 0 Å². The van der Waals surface area contributed by atoms with Crippen LogP contribution < -0.4 is 5.32 Å². The van der Waals surface area contributed by atoms with Crippen LogP contribution in [-0.2, 0) is 6.54 Å². The van der Waals surface area contributed by atoms with Crippen LogP contribution in [0, 0.1) is 12.7 Å². The maximum Gasteiger partial charge on any atom is 0.126 e. The highest BCUT2D eigenvalue weighted by molar-refractivity contribution is 5.23. The Hall–Kier alpha value is -0.970. The van der Waals surface area contributed by atoms with Crippen LogP contribution in [0.3, 0.4) is 0 Å². The topological polar surface area (TPSA) is 18.5 Å². The molecule has 1 aromatic rings. The first-order valence-corrected chi connectivity index (χ1v) is 6.90. The summed E-state index contributed by atoms with van der Waals surface area (Å²) in [4.78, 5) is 4.65. The highest BCUT2D eigenvalue weighted by atomic mass is 19.1. The van der Waals surface area contributed by atoms with E-state index in [1.165, 1.54) is 5.56 Å². The number of halogens is 1. The molecule has 2 rings (SSSR count). The molecule has 3 nitrogen and oxygen atoms in total. The number of nitrogens with zero attached hydrogens (tertiary/aromatic N) is 2. The minimum absolute atomic E-state index is 0.123. The van der Waals surface area contributed by atoms with Gasteiger partial charge in [0.25, 0.3) is 0 Å². The van der Waals surface area contributed by atoms with E-state index in [0.29, 0.717) is 6.04 Å². The van der Waals surface area contributed by atoms with Crippen LogP contribution in [0.25, 0.3) is 0 Å². The third kappa shape index (κ3) is 4.27. The second-order valence-electron chi connectivity index (χ2n) is 5.69. The number of piperazine rings is 1. The minimum atomic E-state index is -0.123. The van der Waals surface area contributed by atoms with Gasteiger partial charge in [0, 0.05) is 38.8 Å². The Balaban J connectivity index is 1.86. The largest absolute Gasteiger partial charge is 0.310 e. The molecule has 1 heterocycles. The molecule has 106 valence electrons. The van der Waals surface area contributed by atoms with Gasteiger partial charge in [-0.25, -0.2) is 4.39 Å². The summed E-state index contributed by atoms with van der Waals surface area (Å²) in [5.41, 5.74) is 1.90. The van der Waals surface area contributed by atoms with E-state index in [1.807, 2.05) is 19.1 Å². The minimum Gasteiger partial charge on any atom is -0.310 e. The summed E-state index contributed by atoms with van der Waals surface area (Å²) >= 11 is 0. The van der Waals surface area contributed by atoms with Gasteiger partial charge in [0.2, 0.25) is 0 Å². The van der Waals surface area contributed by atoms with Crippen LogP contribution in [0.1, 0.15) is 11.1 Å². The van der Waals surface area contributed by atoms with Crippen molar-refractivity contribution in [2.75, 3.05) is 40.3 Å². The van der Waals surface area contributed by atoms with Crippen molar-refractivity contribution in [1.82, 2.24) is 15.1 Å². The van der Waals surface area contributed by atoms with Gasteiger partial charge in [0.05, 0.1) is 0 Å². The molecule has 0 spiro atoms. The first-order valence-electron chi connectivity index (χ1n) is 6.90. The van der Waals surface area contributed by atoms with Crippen LogP contribution >= 0.6 is 0 Å². The summed E-state index contributed by atoms with van der Waals surface area (Å²) in [6.45, 7) is 6.97. The normalized spacial score (nSPS) is 21.0. The molecule has 0 radical (unpaired) electrons. The molecule has 1 fully saturated rings. The lowest BCUT2D eigenvalue weighted by Gasteiger charge is -2.33. The van der Waals surface area contributed by atoms with Crippen molar-refractivity contribution in [3.63, 3.8) is 0 Å². The molecule has 0 aliphatic carbocycles. The zero-order valence-corrected chi connectivity index (χ0v) is 12.1. The van der Waals surface area contributed by atoms with E-state index in [4.69, 9.17) is 0 Å². The zero-order chi connectivity index (χ0) is 13.8. The molecule has 0 saturated carbocycles. The first-order chi connectivity index (χ1) is 9.04. The summed E-state index contributed by atoms with van der Waals surface area (Å²) < 4.78 is 13.2. The van der Waals surface area contributed by atoms with Gasteiger partial charge in [-0.2, -0.15) is 0 Å². The molecule has 1 aliphatic rings. The first kappa shape index (κ1) is 14.4. The van der Waals surface area contributed by atoms with Crippen LogP contribution in [0.2, 0.25) is 0 Å². The molecule has 19 heavy (non-hydrogen) atoms. The van der Waals surface area contributed by atoms with Crippen LogP contribution in [0.4, 0.5) is 4.39 Å². The summed E-state index contributed by atoms with van der Waals surface area (Å²) in [6, 6.07) is 5.89. The average Bonchev–Trinajstić information content (AvgIpc) is 2.34. The molecule has 1 atom stereocenters.